The maximum absolute atomic E-state index is 12.5. The van der Waals surface area contributed by atoms with Crippen molar-refractivity contribution in [3.63, 3.8) is 0 Å². The number of hydrogen-bond acceptors (Lipinski definition) is 4. The highest BCUT2D eigenvalue weighted by Gasteiger charge is 2.23. The summed E-state index contributed by atoms with van der Waals surface area (Å²) >= 11 is 3.24. The van der Waals surface area contributed by atoms with Crippen molar-refractivity contribution < 1.29 is 0 Å². The molecule has 1 aliphatic rings. The molecule has 0 unspecified atom stereocenters. The van der Waals surface area contributed by atoms with Crippen LogP contribution in [0.25, 0.3) is 11.2 Å². The van der Waals surface area contributed by atoms with Crippen LogP contribution >= 0.6 is 15.9 Å². The van der Waals surface area contributed by atoms with Crippen molar-refractivity contribution >= 4 is 27.1 Å². The Morgan fingerprint density at radius 2 is 2.14 bits per heavy atom. The monoisotopic (exact) mass is 356 g/mol. The van der Waals surface area contributed by atoms with E-state index in [4.69, 9.17) is 0 Å². The van der Waals surface area contributed by atoms with E-state index in [-0.39, 0.29) is 11.1 Å². The van der Waals surface area contributed by atoms with Gasteiger partial charge in [-0.2, -0.15) is 0 Å². The number of hydrogen-bond donors (Lipinski definition) is 0. The van der Waals surface area contributed by atoms with Crippen molar-refractivity contribution in [3.8, 4) is 0 Å². The first kappa shape index (κ1) is 13.6. The Morgan fingerprint density at radius 1 is 1.27 bits per heavy atom. The van der Waals surface area contributed by atoms with Gasteiger partial charge in [0.05, 0.1) is 12.7 Å². The highest BCUT2D eigenvalue weighted by Crippen LogP contribution is 2.40. The van der Waals surface area contributed by atoms with Crippen LogP contribution in [0, 0.1) is 0 Å². The molecule has 1 saturated carbocycles. The molecule has 0 spiro atoms. The van der Waals surface area contributed by atoms with Gasteiger partial charge >= 0.3 is 0 Å². The zero-order chi connectivity index (χ0) is 15.1. The Bertz CT molecular complexity index is 917. The number of halogens is 1. The van der Waals surface area contributed by atoms with Crippen LogP contribution in [-0.2, 0) is 6.54 Å². The molecular formula is C16H13BrN4O. The minimum atomic E-state index is -0.171. The van der Waals surface area contributed by atoms with E-state index >= 15 is 0 Å². The van der Waals surface area contributed by atoms with Crippen LogP contribution in [0.1, 0.15) is 29.9 Å². The Labute approximate surface area is 135 Å². The summed E-state index contributed by atoms with van der Waals surface area (Å²) in [5.41, 5.74) is 2.96. The standard InChI is InChI=1S/C16H13BrN4O/c17-13-7-18-15-14(20-13)16(22)21(9-19-15)8-10-2-1-3-12(6-10)11-4-5-11/h1-3,6-7,9,11H,4-5,8H2. The second-order valence-corrected chi connectivity index (χ2v) is 6.37. The zero-order valence-electron chi connectivity index (χ0n) is 11.7. The largest absolute Gasteiger partial charge is 0.293 e. The first-order valence-corrected chi connectivity index (χ1v) is 7.96. The molecule has 1 aromatic carbocycles. The van der Waals surface area contributed by atoms with Crippen LogP contribution in [0.2, 0.25) is 0 Å². The Hall–Kier alpha value is -2.08. The maximum atomic E-state index is 12.5. The lowest BCUT2D eigenvalue weighted by atomic mass is 10.1. The molecule has 3 aromatic rings. The van der Waals surface area contributed by atoms with Crippen LogP contribution in [0.4, 0.5) is 0 Å². The van der Waals surface area contributed by atoms with E-state index in [0.717, 1.165) is 5.56 Å². The fraction of sp³-hybridized carbons (Fsp3) is 0.250. The molecule has 110 valence electrons. The van der Waals surface area contributed by atoms with Gasteiger partial charge in [-0.05, 0) is 45.8 Å². The maximum Gasteiger partial charge on any atom is 0.281 e. The fourth-order valence-electron chi connectivity index (χ4n) is 2.58. The molecule has 2 aromatic heterocycles. The van der Waals surface area contributed by atoms with Crippen LogP contribution in [-0.4, -0.2) is 19.5 Å². The molecule has 0 atom stereocenters. The summed E-state index contributed by atoms with van der Waals surface area (Å²) in [4.78, 5) is 25.0. The molecule has 0 saturated heterocycles. The minimum absolute atomic E-state index is 0.171. The summed E-state index contributed by atoms with van der Waals surface area (Å²) in [6.45, 7) is 0.497. The quantitative estimate of drug-likeness (QED) is 0.723. The molecule has 4 rings (SSSR count). The highest BCUT2D eigenvalue weighted by atomic mass is 79.9. The SMILES string of the molecule is O=c1c2nc(Br)cnc2ncn1Cc1cccc(C2CC2)c1. The Kier molecular flexibility index (Phi) is 3.26. The van der Waals surface area contributed by atoms with E-state index in [9.17, 15) is 4.79 Å². The van der Waals surface area contributed by atoms with Gasteiger partial charge in [-0.1, -0.05) is 24.3 Å². The molecule has 22 heavy (non-hydrogen) atoms. The van der Waals surface area contributed by atoms with Crippen molar-refractivity contribution in [1.82, 2.24) is 19.5 Å². The lowest BCUT2D eigenvalue weighted by molar-refractivity contribution is 0.742. The van der Waals surface area contributed by atoms with Crippen LogP contribution in [0.3, 0.4) is 0 Å². The van der Waals surface area contributed by atoms with Gasteiger partial charge in [0.1, 0.15) is 10.9 Å². The lowest BCUT2D eigenvalue weighted by Gasteiger charge is -2.08. The predicted octanol–water partition coefficient (Wildman–Crippen LogP) is 2.87. The first-order valence-electron chi connectivity index (χ1n) is 7.17. The first-order chi connectivity index (χ1) is 10.7. The molecule has 2 heterocycles. The second-order valence-electron chi connectivity index (χ2n) is 5.56. The molecule has 5 nitrogen and oxygen atoms in total. The second kappa shape index (κ2) is 5.28. The minimum Gasteiger partial charge on any atom is -0.293 e. The summed E-state index contributed by atoms with van der Waals surface area (Å²) in [6.07, 6.45) is 5.62. The number of aromatic nitrogens is 4. The Morgan fingerprint density at radius 3 is 2.95 bits per heavy atom. The van der Waals surface area contributed by atoms with E-state index in [1.165, 1.54) is 30.9 Å². The van der Waals surface area contributed by atoms with Gasteiger partial charge in [0.2, 0.25) is 0 Å². The van der Waals surface area contributed by atoms with E-state index in [2.05, 4.69) is 49.1 Å². The van der Waals surface area contributed by atoms with Crippen LogP contribution in [0.5, 0.6) is 0 Å². The predicted molar refractivity (Wildman–Crippen MR) is 86.8 cm³/mol. The summed E-state index contributed by atoms with van der Waals surface area (Å²) in [5.74, 6) is 0.702. The van der Waals surface area contributed by atoms with Crippen molar-refractivity contribution in [1.29, 1.82) is 0 Å². The zero-order valence-corrected chi connectivity index (χ0v) is 13.3. The van der Waals surface area contributed by atoms with E-state index in [0.29, 0.717) is 22.7 Å². The summed E-state index contributed by atoms with van der Waals surface area (Å²) < 4.78 is 2.11. The molecule has 0 N–H and O–H groups in total. The number of benzene rings is 1. The Balaban J connectivity index is 1.73. The average molecular weight is 357 g/mol. The average Bonchev–Trinajstić information content (AvgIpc) is 3.36. The molecule has 0 amide bonds. The van der Waals surface area contributed by atoms with Crippen molar-refractivity contribution in [2.24, 2.45) is 0 Å². The lowest BCUT2D eigenvalue weighted by Crippen LogP contribution is -2.22. The topological polar surface area (TPSA) is 60.7 Å². The third-order valence-corrected chi connectivity index (χ3v) is 4.24. The van der Waals surface area contributed by atoms with Gasteiger partial charge in [0.25, 0.3) is 5.56 Å². The summed E-state index contributed by atoms with van der Waals surface area (Å²) in [6, 6.07) is 8.43. The number of rotatable bonds is 3. The van der Waals surface area contributed by atoms with E-state index in [1.807, 2.05) is 6.07 Å². The molecule has 0 aliphatic heterocycles. The summed E-state index contributed by atoms with van der Waals surface area (Å²) in [7, 11) is 0. The van der Waals surface area contributed by atoms with Gasteiger partial charge in [0, 0.05) is 0 Å². The highest BCUT2D eigenvalue weighted by molar-refractivity contribution is 9.10. The number of fused-ring (bicyclic) bond motifs is 1. The van der Waals surface area contributed by atoms with Gasteiger partial charge < -0.3 is 0 Å². The molecule has 6 heteroatoms. The molecule has 0 radical (unpaired) electrons. The van der Waals surface area contributed by atoms with Crippen molar-refractivity contribution in [2.45, 2.75) is 25.3 Å². The van der Waals surface area contributed by atoms with E-state index < -0.39 is 0 Å². The van der Waals surface area contributed by atoms with Crippen LogP contribution < -0.4 is 5.56 Å². The van der Waals surface area contributed by atoms with Crippen molar-refractivity contribution in [2.75, 3.05) is 0 Å². The van der Waals surface area contributed by atoms with Gasteiger partial charge in [-0.25, -0.2) is 15.0 Å². The third-order valence-electron chi connectivity index (χ3n) is 3.86. The van der Waals surface area contributed by atoms with Gasteiger partial charge in [0.15, 0.2) is 11.2 Å². The van der Waals surface area contributed by atoms with Crippen LogP contribution in [0.15, 0.2) is 46.2 Å². The van der Waals surface area contributed by atoms with Gasteiger partial charge in [-0.3, -0.25) is 9.36 Å². The fourth-order valence-corrected chi connectivity index (χ4v) is 2.86. The van der Waals surface area contributed by atoms with Crippen molar-refractivity contribution in [3.05, 3.63) is 62.9 Å². The third kappa shape index (κ3) is 2.54. The van der Waals surface area contributed by atoms with E-state index in [1.54, 1.807) is 4.57 Å². The van der Waals surface area contributed by atoms with Gasteiger partial charge in [-0.15, -0.1) is 0 Å². The number of nitrogens with zero attached hydrogens (tertiary/aromatic N) is 4. The smallest absolute Gasteiger partial charge is 0.281 e. The summed E-state index contributed by atoms with van der Waals surface area (Å²) in [5, 5.41) is 0. The normalized spacial score (nSPS) is 14.4. The molecular weight excluding hydrogens is 344 g/mol. The molecule has 1 aliphatic carbocycles. The molecule has 0 bridgehead atoms. The molecule has 1 fully saturated rings.